The predicted molar refractivity (Wildman–Crippen MR) is 85.7 cm³/mol. The highest BCUT2D eigenvalue weighted by molar-refractivity contribution is 5.82. The SMILES string of the molecule is Cc1ccc(C=O)c(OC(=O)CCCNC(=O)OC(C)(C)C)c1. The predicted octanol–water partition coefficient (Wildman–Crippen LogP) is 3.02. The quantitative estimate of drug-likeness (QED) is 0.377. The Kier molecular flexibility index (Phi) is 6.75. The van der Waals surface area contributed by atoms with Gasteiger partial charge in [0.1, 0.15) is 11.4 Å². The lowest BCUT2D eigenvalue weighted by Crippen LogP contribution is -2.33. The molecule has 6 heteroatoms. The van der Waals surface area contributed by atoms with Crippen LogP contribution in [0.1, 0.15) is 49.5 Å². The van der Waals surface area contributed by atoms with E-state index in [2.05, 4.69) is 5.32 Å². The van der Waals surface area contributed by atoms with Crippen LogP contribution in [0, 0.1) is 6.92 Å². The summed E-state index contributed by atoms with van der Waals surface area (Å²) in [5.41, 5.74) is 0.667. The van der Waals surface area contributed by atoms with Crippen LogP contribution in [0.2, 0.25) is 0 Å². The lowest BCUT2D eigenvalue weighted by Gasteiger charge is -2.19. The molecule has 0 aliphatic carbocycles. The molecule has 23 heavy (non-hydrogen) atoms. The molecule has 126 valence electrons. The molecule has 0 spiro atoms. The maximum Gasteiger partial charge on any atom is 0.407 e. The Hall–Kier alpha value is -2.37. The summed E-state index contributed by atoms with van der Waals surface area (Å²) in [5, 5.41) is 2.56. The Morgan fingerprint density at radius 2 is 1.96 bits per heavy atom. The van der Waals surface area contributed by atoms with Crippen molar-refractivity contribution in [3.05, 3.63) is 29.3 Å². The minimum Gasteiger partial charge on any atom is -0.444 e. The highest BCUT2D eigenvalue weighted by atomic mass is 16.6. The largest absolute Gasteiger partial charge is 0.444 e. The summed E-state index contributed by atoms with van der Waals surface area (Å²) in [7, 11) is 0. The van der Waals surface area contributed by atoms with Gasteiger partial charge in [0, 0.05) is 13.0 Å². The van der Waals surface area contributed by atoms with Crippen LogP contribution in [0.15, 0.2) is 18.2 Å². The molecule has 0 aromatic heterocycles. The molecule has 1 N–H and O–H groups in total. The third-order valence-electron chi connectivity index (χ3n) is 2.75. The number of alkyl carbamates (subject to hydrolysis) is 1. The molecule has 0 saturated carbocycles. The molecule has 0 aliphatic rings. The van der Waals surface area contributed by atoms with E-state index in [9.17, 15) is 14.4 Å². The maximum atomic E-state index is 11.8. The molecule has 0 aliphatic heterocycles. The lowest BCUT2D eigenvalue weighted by atomic mass is 10.1. The molecule has 0 unspecified atom stereocenters. The Morgan fingerprint density at radius 3 is 2.57 bits per heavy atom. The normalized spacial score (nSPS) is 10.8. The van der Waals surface area contributed by atoms with Crippen molar-refractivity contribution in [3.63, 3.8) is 0 Å². The topological polar surface area (TPSA) is 81.7 Å². The Morgan fingerprint density at radius 1 is 1.26 bits per heavy atom. The van der Waals surface area contributed by atoms with Crippen LogP contribution in [0.3, 0.4) is 0 Å². The van der Waals surface area contributed by atoms with Crippen LogP contribution < -0.4 is 10.1 Å². The molecular formula is C17H23NO5. The number of aldehydes is 1. The zero-order valence-corrected chi connectivity index (χ0v) is 14.0. The van der Waals surface area contributed by atoms with Crippen molar-refractivity contribution in [1.82, 2.24) is 5.32 Å². The summed E-state index contributed by atoms with van der Waals surface area (Å²) < 4.78 is 10.3. The lowest BCUT2D eigenvalue weighted by molar-refractivity contribution is -0.134. The molecule has 0 atom stereocenters. The van der Waals surface area contributed by atoms with Crippen molar-refractivity contribution in [2.75, 3.05) is 6.54 Å². The molecule has 0 heterocycles. The second-order valence-electron chi connectivity index (χ2n) is 6.17. The smallest absolute Gasteiger partial charge is 0.407 e. The minimum absolute atomic E-state index is 0.127. The molecular weight excluding hydrogens is 298 g/mol. The van der Waals surface area contributed by atoms with E-state index in [4.69, 9.17) is 9.47 Å². The molecule has 0 radical (unpaired) electrons. The number of carbonyl (C=O) groups is 3. The summed E-state index contributed by atoms with van der Waals surface area (Å²) in [4.78, 5) is 34.1. The van der Waals surface area contributed by atoms with E-state index < -0.39 is 17.7 Å². The fourth-order valence-corrected chi connectivity index (χ4v) is 1.74. The van der Waals surface area contributed by atoms with E-state index in [1.807, 2.05) is 6.92 Å². The zero-order valence-electron chi connectivity index (χ0n) is 14.0. The minimum atomic E-state index is -0.556. The van der Waals surface area contributed by atoms with Crippen molar-refractivity contribution in [2.45, 2.75) is 46.1 Å². The number of amides is 1. The molecule has 0 bridgehead atoms. The summed E-state index contributed by atoms with van der Waals surface area (Å²) in [6.07, 6.45) is 0.668. The highest BCUT2D eigenvalue weighted by Gasteiger charge is 2.15. The van der Waals surface area contributed by atoms with Gasteiger partial charge in [-0.1, -0.05) is 6.07 Å². The number of esters is 1. The van der Waals surface area contributed by atoms with Crippen LogP contribution in [0.5, 0.6) is 5.75 Å². The Balaban J connectivity index is 2.37. The van der Waals surface area contributed by atoms with Crippen LogP contribution in [-0.4, -0.2) is 30.5 Å². The van der Waals surface area contributed by atoms with Gasteiger partial charge in [-0.3, -0.25) is 9.59 Å². The summed E-state index contributed by atoms with van der Waals surface area (Å²) >= 11 is 0. The number of aryl methyl sites for hydroxylation is 1. The molecule has 1 rings (SSSR count). The first-order chi connectivity index (χ1) is 10.7. The first-order valence-electron chi connectivity index (χ1n) is 7.44. The van der Waals surface area contributed by atoms with Gasteiger partial charge in [-0.05, 0) is 51.8 Å². The van der Waals surface area contributed by atoms with Gasteiger partial charge in [0.25, 0.3) is 0 Å². The fourth-order valence-electron chi connectivity index (χ4n) is 1.74. The average molecular weight is 321 g/mol. The summed E-state index contributed by atoms with van der Waals surface area (Å²) in [6, 6.07) is 5.02. The van der Waals surface area contributed by atoms with Gasteiger partial charge in [0.15, 0.2) is 6.29 Å². The molecule has 0 saturated heterocycles. The monoisotopic (exact) mass is 321 g/mol. The van der Waals surface area contributed by atoms with Crippen molar-refractivity contribution in [3.8, 4) is 5.75 Å². The van der Waals surface area contributed by atoms with Crippen molar-refractivity contribution < 1.29 is 23.9 Å². The van der Waals surface area contributed by atoms with Crippen LogP contribution >= 0.6 is 0 Å². The van der Waals surface area contributed by atoms with Crippen molar-refractivity contribution in [2.24, 2.45) is 0 Å². The van der Waals surface area contributed by atoms with E-state index in [1.54, 1.807) is 39.0 Å². The van der Waals surface area contributed by atoms with Crippen LogP contribution in [0.25, 0.3) is 0 Å². The second-order valence-corrected chi connectivity index (χ2v) is 6.17. The van der Waals surface area contributed by atoms with E-state index >= 15 is 0 Å². The summed E-state index contributed by atoms with van der Waals surface area (Å²) in [5.74, 6) is -0.199. The molecule has 1 aromatic rings. The van der Waals surface area contributed by atoms with Gasteiger partial charge < -0.3 is 14.8 Å². The van der Waals surface area contributed by atoms with E-state index in [-0.39, 0.29) is 12.2 Å². The van der Waals surface area contributed by atoms with Crippen LogP contribution in [0.4, 0.5) is 4.79 Å². The standard InChI is InChI=1S/C17H23NO5/c1-12-7-8-13(11-19)14(10-12)22-15(20)6-5-9-18-16(21)23-17(2,3)4/h7-8,10-11H,5-6,9H2,1-4H3,(H,18,21). The maximum absolute atomic E-state index is 11.8. The third-order valence-corrected chi connectivity index (χ3v) is 2.75. The molecule has 0 fully saturated rings. The second kappa shape index (κ2) is 8.31. The van der Waals surface area contributed by atoms with Gasteiger partial charge >= 0.3 is 12.1 Å². The number of carbonyl (C=O) groups excluding carboxylic acids is 3. The van der Waals surface area contributed by atoms with E-state index in [0.29, 0.717) is 24.8 Å². The molecule has 1 aromatic carbocycles. The third kappa shape index (κ3) is 7.44. The van der Waals surface area contributed by atoms with Crippen molar-refractivity contribution in [1.29, 1.82) is 0 Å². The average Bonchev–Trinajstić information content (AvgIpc) is 2.42. The number of hydrogen-bond acceptors (Lipinski definition) is 5. The number of benzene rings is 1. The summed E-state index contributed by atoms with van der Waals surface area (Å²) in [6.45, 7) is 7.47. The highest BCUT2D eigenvalue weighted by Crippen LogP contribution is 2.19. The van der Waals surface area contributed by atoms with Crippen molar-refractivity contribution >= 4 is 18.3 Å². The number of ether oxygens (including phenoxy) is 2. The fraction of sp³-hybridized carbons (Fsp3) is 0.471. The van der Waals surface area contributed by atoms with Gasteiger partial charge in [0.2, 0.25) is 0 Å². The van der Waals surface area contributed by atoms with Gasteiger partial charge in [0.05, 0.1) is 5.56 Å². The van der Waals surface area contributed by atoms with Crippen LogP contribution in [-0.2, 0) is 9.53 Å². The number of rotatable bonds is 6. The van der Waals surface area contributed by atoms with Gasteiger partial charge in [-0.2, -0.15) is 0 Å². The van der Waals surface area contributed by atoms with E-state index in [0.717, 1.165) is 5.56 Å². The Labute approximate surface area is 136 Å². The first kappa shape index (κ1) is 18.7. The van der Waals surface area contributed by atoms with E-state index in [1.165, 1.54) is 0 Å². The van der Waals surface area contributed by atoms with Gasteiger partial charge in [-0.15, -0.1) is 0 Å². The zero-order chi connectivity index (χ0) is 17.5. The number of hydrogen-bond donors (Lipinski definition) is 1. The number of nitrogens with one attached hydrogen (secondary N) is 1. The molecule has 1 amide bonds. The first-order valence-corrected chi connectivity index (χ1v) is 7.44. The molecule has 6 nitrogen and oxygen atoms in total. The van der Waals surface area contributed by atoms with Gasteiger partial charge in [-0.25, -0.2) is 4.79 Å². The Bertz CT molecular complexity index is 575.